The van der Waals surface area contributed by atoms with E-state index in [0.29, 0.717) is 5.02 Å². The number of fused-ring (bicyclic) bond motifs is 1. The van der Waals surface area contributed by atoms with Crippen molar-refractivity contribution in [2.24, 2.45) is 10.8 Å². The number of benzene rings is 1. The van der Waals surface area contributed by atoms with E-state index in [1.54, 1.807) is 12.3 Å². The topological polar surface area (TPSA) is 83.3 Å². The van der Waals surface area contributed by atoms with E-state index in [1.807, 2.05) is 12.1 Å². The molecule has 1 aromatic carbocycles. The molecule has 0 fully saturated rings. The number of halogens is 1. The Labute approximate surface area is 96.3 Å². The van der Waals surface area contributed by atoms with E-state index in [1.165, 1.54) is 6.21 Å². The first-order valence-corrected chi connectivity index (χ1v) is 4.90. The number of aromatic nitrogens is 1. The molecule has 0 spiro atoms. The highest BCUT2D eigenvalue weighted by Gasteiger charge is 2.01. The molecule has 0 radical (unpaired) electrons. The van der Waals surface area contributed by atoms with Gasteiger partial charge in [0.25, 0.3) is 0 Å². The lowest BCUT2D eigenvalue weighted by Crippen LogP contribution is -2.24. The van der Waals surface area contributed by atoms with Gasteiger partial charge in [-0.3, -0.25) is 0 Å². The van der Waals surface area contributed by atoms with Crippen LogP contribution in [0.3, 0.4) is 0 Å². The van der Waals surface area contributed by atoms with Gasteiger partial charge in [-0.15, -0.1) is 0 Å². The Hall–Kier alpha value is -2.01. The molecule has 2 rings (SSSR count). The molecule has 16 heavy (non-hydrogen) atoms. The highest BCUT2D eigenvalue weighted by molar-refractivity contribution is 6.31. The van der Waals surface area contributed by atoms with Crippen LogP contribution in [0.15, 0.2) is 29.5 Å². The van der Waals surface area contributed by atoms with E-state index in [0.717, 1.165) is 16.5 Å². The molecule has 0 unspecified atom stereocenters. The molecular formula is C10H9ClN4O. The molecule has 2 amide bonds. The Bertz CT molecular complexity index is 561. The highest BCUT2D eigenvalue weighted by Crippen LogP contribution is 2.20. The van der Waals surface area contributed by atoms with Crippen LogP contribution in [0, 0.1) is 0 Å². The van der Waals surface area contributed by atoms with Crippen LogP contribution in [0.25, 0.3) is 10.9 Å². The van der Waals surface area contributed by atoms with Crippen molar-refractivity contribution in [1.29, 1.82) is 0 Å². The summed E-state index contributed by atoms with van der Waals surface area (Å²) >= 11 is 5.85. The molecule has 6 heteroatoms. The first-order valence-electron chi connectivity index (χ1n) is 4.52. The second kappa shape index (κ2) is 4.24. The number of hydrazone groups is 1. The van der Waals surface area contributed by atoms with E-state index in [4.69, 9.17) is 17.3 Å². The summed E-state index contributed by atoms with van der Waals surface area (Å²) < 4.78 is 0. The van der Waals surface area contributed by atoms with Crippen molar-refractivity contribution < 1.29 is 4.79 Å². The Balaban J connectivity index is 2.32. The molecular weight excluding hydrogens is 228 g/mol. The lowest BCUT2D eigenvalue weighted by atomic mass is 10.2. The van der Waals surface area contributed by atoms with E-state index in [-0.39, 0.29) is 0 Å². The minimum atomic E-state index is -0.695. The van der Waals surface area contributed by atoms with Crippen LogP contribution < -0.4 is 11.2 Å². The summed E-state index contributed by atoms with van der Waals surface area (Å²) in [7, 11) is 0. The fraction of sp³-hybridized carbons (Fsp3) is 0. The molecule has 0 aliphatic rings. The van der Waals surface area contributed by atoms with Crippen LogP contribution in [-0.4, -0.2) is 17.2 Å². The van der Waals surface area contributed by atoms with Gasteiger partial charge in [0.2, 0.25) is 0 Å². The van der Waals surface area contributed by atoms with Crippen molar-refractivity contribution in [3.05, 3.63) is 35.0 Å². The van der Waals surface area contributed by atoms with Gasteiger partial charge in [-0.05, 0) is 12.1 Å². The molecule has 1 aromatic heterocycles. The Morgan fingerprint density at radius 2 is 2.38 bits per heavy atom. The summed E-state index contributed by atoms with van der Waals surface area (Å²) in [5.41, 5.74) is 8.76. The van der Waals surface area contributed by atoms with Crippen LogP contribution in [0.4, 0.5) is 4.79 Å². The lowest BCUT2D eigenvalue weighted by molar-refractivity contribution is 0.249. The second-order valence-corrected chi connectivity index (χ2v) is 3.60. The van der Waals surface area contributed by atoms with Crippen molar-refractivity contribution >= 4 is 34.7 Å². The van der Waals surface area contributed by atoms with Crippen LogP contribution >= 0.6 is 11.6 Å². The number of nitrogens with two attached hydrogens (primary N) is 1. The summed E-state index contributed by atoms with van der Waals surface area (Å²) in [5, 5.41) is 5.32. The third-order valence-corrected chi connectivity index (χ3v) is 2.29. The Kier molecular flexibility index (Phi) is 2.78. The van der Waals surface area contributed by atoms with Crippen molar-refractivity contribution in [3.63, 3.8) is 0 Å². The summed E-state index contributed by atoms with van der Waals surface area (Å²) in [6.07, 6.45) is 3.28. The van der Waals surface area contributed by atoms with Gasteiger partial charge in [0.1, 0.15) is 0 Å². The van der Waals surface area contributed by atoms with Crippen LogP contribution in [0.5, 0.6) is 0 Å². The minimum Gasteiger partial charge on any atom is -0.360 e. The lowest BCUT2D eigenvalue weighted by Gasteiger charge is -1.93. The number of urea groups is 1. The molecule has 0 aliphatic heterocycles. The second-order valence-electron chi connectivity index (χ2n) is 3.17. The number of primary amides is 1. The average molecular weight is 237 g/mol. The first kappa shape index (κ1) is 10.5. The number of hydrogen-bond acceptors (Lipinski definition) is 2. The maximum atomic E-state index is 10.4. The van der Waals surface area contributed by atoms with Crippen LogP contribution in [-0.2, 0) is 0 Å². The molecule has 0 saturated heterocycles. The standard InChI is InChI=1S/C10H9ClN4O/c11-7-1-2-8-6(4-13-9(8)3-7)5-14-15-10(12)16/h1-5,13H,(H3,12,15,16)/b14-5+. The van der Waals surface area contributed by atoms with Gasteiger partial charge in [-0.1, -0.05) is 17.7 Å². The molecule has 82 valence electrons. The van der Waals surface area contributed by atoms with Gasteiger partial charge in [-0.2, -0.15) is 5.10 Å². The third kappa shape index (κ3) is 2.14. The number of H-pyrrole nitrogens is 1. The molecule has 4 N–H and O–H groups in total. The van der Waals surface area contributed by atoms with E-state index in [2.05, 4.69) is 15.5 Å². The maximum Gasteiger partial charge on any atom is 0.332 e. The molecule has 2 aromatic rings. The van der Waals surface area contributed by atoms with Gasteiger partial charge in [0.15, 0.2) is 0 Å². The number of nitrogens with one attached hydrogen (secondary N) is 2. The van der Waals surface area contributed by atoms with Crippen molar-refractivity contribution in [1.82, 2.24) is 10.4 Å². The van der Waals surface area contributed by atoms with Crippen LogP contribution in [0.1, 0.15) is 5.56 Å². The number of nitrogens with zero attached hydrogens (tertiary/aromatic N) is 1. The smallest absolute Gasteiger partial charge is 0.332 e. The zero-order chi connectivity index (χ0) is 11.5. The summed E-state index contributed by atoms with van der Waals surface area (Å²) in [4.78, 5) is 13.5. The molecule has 1 heterocycles. The van der Waals surface area contributed by atoms with E-state index >= 15 is 0 Å². The van der Waals surface area contributed by atoms with E-state index in [9.17, 15) is 4.79 Å². The number of aromatic amines is 1. The first-order chi connectivity index (χ1) is 7.66. The molecule has 5 nitrogen and oxygen atoms in total. The van der Waals surface area contributed by atoms with Crippen molar-refractivity contribution in [3.8, 4) is 0 Å². The van der Waals surface area contributed by atoms with E-state index < -0.39 is 6.03 Å². The molecule has 0 bridgehead atoms. The van der Waals surface area contributed by atoms with Gasteiger partial charge >= 0.3 is 6.03 Å². The average Bonchev–Trinajstić information content (AvgIpc) is 2.60. The number of hydrogen-bond donors (Lipinski definition) is 3. The number of amides is 2. The van der Waals surface area contributed by atoms with Gasteiger partial charge in [0.05, 0.1) is 6.21 Å². The fourth-order valence-electron chi connectivity index (χ4n) is 1.39. The van der Waals surface area contributed by atoms with Gasteiger partial charge in [0, 0.05) is 27.7 Å². The number of carbonyl (C=O) groups is 1. The SMILES string of the molecule is NC(=O)N/N=C/c1c[nH]c2cc(Cl)ccc12. The fourth-order valence-corrected chi connectivity index (χ4v) is 1.57. The zero-order valence-electron chi connectivity index (χ0n) is 8.20. The quantitative estimate of drug-likeness (QED) is 0.539. The summed E-state index contributed by atoms with van der Waals surface area (Å²) in [5.74, 6) is 0. The van der Waals surface area contributed by atoms with Crippen molar-refractivity contribution in [2.75, 3.05) is 0 Å². The number of carbonyl (C=O) groups excluding carboxylic acids is 1. The van der Waals surface area contributed by atoms with Crippen molar-refractivity contribution in [2.45, 2.75) is 0 Å². The predicted molar refractivity (Wildman–Crippen MR) is 63.6 cm³/mol. The largest absolute Gasteiger partial charge is 0.360 e. The number of rotatable bonds is 2. The van der Waals surface area contributed by atoms with Crippen LogP contribution in [0.2, 0.25) is 5.02 Å². The molecule has 0 aliphatic carbocycles. The molecule has 0 atom stereocenters. The molecule has 0 saturated carbocycles. The zero-order valence-corrected chi connectivity index (χ0v) is 8.95. The minimum absolute atomic E-state index is 0.660. The predicted octanol–water partition coefficient (Wildman–Crippen LogP) is 1.82. The summed E-state index contributed by atoms with van der Waals surface area (Å²) in [6, 6.07) is 4.78. The van der Waals surface area contributed by atoms with Gasteiger partial charge < -0.3 is 10.7 Å². The highest BCUT2D eigenvalue weighted by atomic mass is 35.5. The third-order valence-electron chi connectivity index (χ3n) is 2.05. The normalized spacial score (nSPS) is 11.1. The van der Waals surface area contributed by atoms with Gasteiger partial charge in [-0.25, -0.2) is 10.2 Å². The monoisotopic (exact) mass is 236 g/mol. The summed E-state index contributed by atoms with van der Waals surface area (Å²) in [6.45, 7) is 0. The maximum absolute atomic E-state index is 10.4. The Morgan fingerprint density at radius 1 is 1.56 bits per heavy atom. The Morgan fingerprint density at radius 3 is 3.12 bits per heavy atom.